The summed E-state index contributed by atoms with van der Waals surface area (Å²) in [5.74, 6) is 0.775. The molecule has 0 bridgehead atoms. The Bertz CT molecular complexity index is 347. The zero-order valence-electron chi connectivity index (χ0n) is 11.4. The second-order valence-corrected chi connectivity index (χ2v) is 5.67. The maximum absolute atomic E-state index is 2.55. The van der Waals surface area contributed by atoms with E-state index in [4.69, 9.17) is 0 Å². The molecule has 0 aliphatic carbocycles. The van der Waals surface area contributed by atoms with E-state index < -0.39 is 0 Å². The van der Waals surface area contributed by atoms with E-state index in [9.17, 15) is 0 Å². The fourth-order valence-corrected chi connectivity index (χ4v) is 2.77. The van der Waals surface area contributed by atoms with Gasteiger partial charge in [-0.25, -0.2) is 0 Å². The van der Waals surface area contributed by atoms with Crippen molar-refractivity contribution < 1.29 is 5.48 Å². The van der Waals surface area contributed by atoms with Crippen LogP contribution in [0.15, 0.2) is 30.3 Å². The summed E-state index contributed by atoms with van der Waals surface area (Å²) in [6.07, 6.45) is 2.61. The Kier molecular flexibility index (Phi) is 4.34. The average Bonchev–Trinajstić information content (AvgIpc) is 2.28. The summed E-state index contributed by atoms with van der Waals surface area (Å²) in [4.78, 5) is 2.55. The van der Waals surface area contributed by atoms with Crippen LogP contribution in [0.5, 0.6) is 0 Å². The van der Waals surface area contributed by atoms with Crippen LogP contribution in [0.1, 0.15) is 45.2 Å². The summed E-state index contributed by atoms with van der Waals surface area (Å²) in [6.45, 7) is 7.11. The van der Waals surface area contributed by atoms with Crippen molar-refractivity contribution in [3.8, 4) is 0 Å². The molecular weight excluding hydrogens is 210 g/mol. The van der Waals surface area contributed by atoms with Gasteiger partial charge in [0.1, 0.15) is 0 Å². The zero-order valence-corrected chi connectivity index (χ0v) is 11.4. The van der Waals surface area contributed by atoms with Gasteiger partial charge in [0, 0.05) is 11.6 Å². The molecule has 17 heavy (non-hydrogen) atoms. The molecule has 1 aliphatic rings. The molecule has 0 saturated carbocycles. The average molecular weight is 235 g/mol. The van der Waals surface area contributed by atoms with Crippen molar-refractivity contribution >= 4 is 0 Å². The number of likely N-dealkylation sites (tertiary alicyclic amines) is 1. The van der Waals surface area contributed by atoms with Crippen LogP contribution >= 0.6 is 0 Å². The molecule has 1 aliphatic heterocycles. The van der Waals surface area contributed by atoms with E-state index in [1.807, 2.05) is 0 Å². The van der Waals surface area contributed by atoms with Crippen LogP contribution in [-0.2, 0) is 0 Å². The number of nitrogens with zero attached hydrogens (tertiary/aromatic N) is 1. The van der Waals surface area contributed by atoms with E-state index >= 15 is 0 Å². The van der Waals surface area contributed by atoms with E-state index in [-0.39, 0.29) is 5.48 Å². The highest BCUT2D eigenvalue weighted by Crippen LogP contribution is 2.41. The Hall–Kier alpha value is -0.860. The maximum atomic E-state index is 2.55. The van der Waals surface area contributed by atoms with Crippen LogP contribution in [0.25, 0.3) is 0 Å². The van der Waals surface area contributed by atoms with Gasteiger partial charge in [0.05, 0.1) is 0 Å². The van der Waals surface area contributed by atoms with Crippen LogP contribution in [0.4, 0.5) is 0 Å². The lowest BCUT2D eigenvalue weighted by molar-refractivity contribution is 0.00602. The smallest absolute Gasteiger partial charge is 0.0350 e. The summed E-state index contributed by atoms with van der Waals surface area (Å²) in [6, 6.07) is 11.5. The van der Waals surface area contributed by atoms with Crippen molar-refractivity contribution in [3.63, 3.8) is 0 Å². The van der Waals surface area contributed by atoms with Crippen molar-refractivity contribution in [2.75, 3.05) is 7.05 Å². The van der Waals surface area contributed by atoms with Gasteiger partial charge in [-0.15, -0.1) is 0 Å². The van der Waals surface area contributed by atoms with Crippen molar-refractivity contribution in [3.05, 3.63) is 35.9 Å². The van der Waals surface area contributed by atoms with Crippen molar-refractivity contribution in [2.45, 2.75) is 45.2 Å². The van der Waals surface area contributed by atoms with Gasteiger partial charge in [0.2, 0.25) is 0 Å². The monoisotopic (exact) mass is 235 g/mol. The summed E-state index contributed by atoms with van der Waals surface area (Å²) in [5, 5.41) is 0. The number of hydrogen-bond acceptors (Lipinski definition) is 1. The first kappa shape index (κ1) is 14.2. The number of hydrogen-bond donors (Lipinski definition) is 0. The second kappa shape index (κ2) is 5.19. The molecule has 0 radical (unpaired) electrons. The molecule has 1 fully saturated rings. The molecule has 2 rings (SSSR count). The molecule has 0 spiro atoms. The van der Waals surface area contributed by atoms with Crippen molar-refractivity contribution in [1.82, 2.24) is 4.90 Å². The van der Waals surface area contributed by atoms with Crippen LogP contribution in [0.3, 0.4) is 0 Å². The quantitative estimate of drug-likeness (QED) is 0.736. The second-order valence-electron chi connectivity index (χ2n) is 5.67. The molecule has 2 unspecified atom stereocenters. The highest BCUT2D eigenvalue weighted by atomic mass is 16.0. The van der Waals surface area contributed by atoms with E-state index in [0.29, 0.717) is 11.6 Å². The Morgan fingerprint density at radius 1 is 1.12 bits per heavy atom. The minimum absolute atomic E-state index is 0. The minimum Gasteiger partial charge on any atom is -0.412 e. The third kappa shape index (κ3) is 2.53. The lowest BCUT2D eigenvalue weighted by atomic mass is 9.76. The van der Waals surface area contributed by atoms with Gasteiger partial charge in [0.15, 0.2) is 0 Å². The molecule has 1 heterocycles. The predicted molar refractivity (Wildman–Crippen MR) is 73.0 cm³/mol. The van der Waals surface area contributed by atoms with Crippen LogP contribution in [0, 0.1) is 5.92 Å². The molecule has 0 amide bonds. The third-order valence-corrected chi connectivity index (χ3v) is 4.64. The van der Waals surface area contributed by atoms with Crippen molar-refractivity contribution in [2.24, 2.45) is 5.92 Å². The fourth-order valence-electron chi connectivity index (χ4n) is 2.77. The number of piperidine rings is 1. The first-order chi connectivity index (χ1) is 7.53. The molecule has 0 aromatic heterocycles. The lowest BCUT2D eigenvalue weighted by Gasteiger charge is -2.50. The largest absolute Gasteiger partial charge is 0.412 e. The van der Waals surface area contributed by atoms with E-state index in [1.165, 1.54) is 18.4 Å². The number of benzene rings is 1. The summed E-state index contributed by atoms with van der Waals surface area (Å²) in [7, 11) is 2.27. The Morgan fingerprint density at radius 2 is 1.71 bits per heavy atom. The minimum atomic E-state index is 0. The number of rotatable bonds is 1. The molecule has 2 atom stereocenters. The van der Waals surface area contributed by atoms with Crippen LogP contribution in [0.2, 0.25) is 0 Å². The highest BCUT2D eigenvalue weighted by Gasteiger charge is 2.38. The first-order valence-electron chi connectivity index (χ1n) is 6.31. The first-order valence-corrected chi connectivity index (χ1v) is 6.31. The Balaban J connectivity index is 0.00000144. The summed E-state index contributed by atoms with van der Waals surface area (Å²) >= 11 is 0. The maximum Gasteiger partial charge on any atom is 0.0350 e. The van der Waals surface area contributed by atoms with Gasteiger partial charge < -0.3 is 5.48 Å². The van der Waals surface area contributed by atoms with Crippen LogP contribution in [-0.4, -0.2) is 23.0 Å². The van der Waals surface area contributed by atoms with E-state index in [2.05, 4.69) is 63.1 Å². The Morgan fingerprint density at radius 3 is 2.29 bits per heavy atom. The van der Waals surface area contributed by atoms with E-state index in [0.717, 1.165) is 5.92 Å². The normalized spacial score (nSPS) is 28.5. The molecule has 1 saturated heterocycles. The Labute approximate surface area is 105 Å². The van der Waals surface area contributed by atoms with E-state index in [1.54, 1.807) is 0 Å². The summed E-state index contributed by atoms with van der Waals surface area (Å²) < 4.78 is 0. The molecule has 2 heteroatoms. The SMILES string of the molecule is CC1CCC(c2ccccc2)N(C)C1(C)C.O. The molecule has 1 aromatic carbocycles. The molecule has 1 aromatic rings. The predicted octanol–water partition coefficient (Wildman–Crippen LogP) is 3.04. The van der Waals surface area contributed by atoms with Gasteiger partial charge >= 0.3 is 0 Å². The van der Waals surface area contributed by atoms with Crippen molar-refractivity contribution in [1.29, 1.82) is 0 Å². The van der Waals surface area contributed by atoms with Gasteiger partial charge in [-0.1, -0.05) is 37.3 Å². The van der Waals surface area contributed by atoms with Gasteiger partial charge in [-0.2, -0.15) is 0 Å². The van der Waals surface area contributed by atoms with Crippen LogP contribution < -0.4 is 0 Å². The summed E-state index contributed by atoms with van der Waals surface area (Å²) in [5.41, 5.74) is 1.77. The third-order valence-electron chi connectivity index (χ3n) is 4.64. The lowest BCUT2D eigenvalue weighted by Crippen LogP contribution is -2.51. The highest BCUT2D eigenvalue weighted by molar-refractivity contribution is 5.20. The molecule has 2 nitrogen and oxygen atoms in total. The zero-order chi connectivity index (χ0) is 11.8. The topological polar surface area (TPSA) is 34.7 Å². The standard InChI is InChI=1S/C15H23N.H2O/c1-12-10-11-14(16(4)15(12,2)3)13-8-6-5-7-9-13;/h5-9,12,14H,10-11H2,1-4H3;1H2. The molecule has 2 N–H and O–H groups in total. The molecular formula is C15H25NO. The van der Waals surface area contributed by atoms with Gasteiger partial charge in [-0.05, 0) is 45.2 Å². The van der Waals surface area contributed by atoms with Gasteiger partial charge in [-0.3, -0.25) is 4.90 Å². The molecule has 96 valence electrons. The fraction of sp³-hybridized carbons (Fsp3) is 0.600. The van der Waals surface area contributed by atoms with Gasteiger partial charge in [0.25, 0.3) is 0 Å².